The zero-order valence-electron chi connectivity index (χ0n) is 13.5. The van der Waals surface area contributed by atoms with Crippen LogP contribution < -0.4 is 10.5 Å². The van der Waals surface area contributed by atoms with Crippen LogP contribution in [0.2, 0.25) is 0 Å². The van der Waals surface area contributed by atoms with Crippen molar-refractivity contribution in [3.63, 3.8) is 0 Å². The molecule has 2 rings (SSSR count). The molecule has 5 heteroatoms. The maximum absolute atomic E-state index is 6.22. The third-order valence-electron chi connectivity index (χ3n) is 4.17. The van der Waals surface area contributed by atoms with E-state index in [0.717, 1.165) is 16.9 Å². The Kier molecular flexibility index (Phi) is 3.80. The summed E-state index contributed by atoms with van der Waals surface area (Å²) in [6, 6.07) is 5.87. The summed E-state index contributed by atoms with van der Waals surface area (Å²) in [6.07, 6.45) is 0. The average molecular weight is 289 g/mol. The third kappa shape index (κ3) is 2.78. The van der Waals surface area contributed by atoms with Gasteiger partial charge in [-0.05, 0) is 52.3 Å². The third-order valence-corrected chi connectivity index (χ3v) is 4.17. The smallest absolute Gasteiger partial charge is 0.234 e. The zero-order valence-corrected chi connectivity index (χ0v) is 13.5. The molecule has 0 aliphatic heterocycles. The highest BCUT2D eigenvalue weighted by molar-refractivity contribution is 5.64. The predicted molar refractivity (Wildman–Crippen MR) is 82.3 cm³/mol. The number of nitrogens with zero attached hydrogens (tertiary/aromatic N) is 2. The predicted octanol–water partition coefficient (Wildman–Crippen LogP) is 3.07. The van der Waals surface area contributed by atoms with Crippen LogP contribution in [-0.2, 0) is 5.41 Å². The van der Waals surface area contributed by atoms with Crippen LogP contribution in [0.5, 0.6) is 5.75 Å². The van der Waals surface area contributed by atoms with Crippen molar-refractivity contribution in [1.82, 2.24) is 10.1 Å². The number of rotatable bonds is 4. The number of aromatic nitrogens is 2. The number of hydrogen-bond acceptors (Lipinski definition) is 5. The first-order valence-corrected chi connectivity index (χ1v) is 6.95. The molecule has 1 aromatic carbocycles. The Balaban J connectivity index is 2.46. The number of nitrogens with two attached hydrogens (primary N) is 1. The van der Waals surface area contributed by atoms with Gasteiger partial charge in [0.05, 0.1) is 18.1 Å². The summed E-state index contributed by atoms with van der Waals surface area (Å²) in [4.78, 5) is 4.52. The Morgan fingerprint density at radius 1 is 1.19 bits per heavy atom. The first-order valence-electron chi connectivity index (χ1n) is 6.95. The second kappa shape index (κ2) is 5.15. The molecule has 0 saturated heterocycles. The van der Waals surface area contributed by atoms with Crippen molar-refractivity contribution in [3.05, 3.63) is 29.7 Å². The summed E-state index contributed by atoms with van der Waals surface area (Å²) in [7, 11) is 1.63. The van der Waals surface area contributed by atoms with Crippen LogP contribution in [-0.4, -0.2) is 22.8 Å². The van der Waals surface area contributed by atoms with Crippen molar-refractivity contribution in [2.24, 2.45) is 5.73 Å². The van der Waals surface area contributed by atoms with E-state index in [1.165, 1.54) is 0 Å². The lowest BCUT2D eigenvalue weighted by Gasteiger charge is -2.34. The van der Waals surface area contributed by atoms with Gasteiger partial charge in [-0.2, -0.15) is 4.98 Å². The molecule has 0 radical (unpaired) electrons. The second-order valence-electron chi connectivity index (χ2n) is 6.47. The summed E-state index contributed by atoms with van der Waals surface area (Å²) in [6.45, 7) is 9.90. The van der Waals surface area contributed by atoms with Crippen molar-refractivity contribution in [2.45, 2.75) is 45.6 Å². The fourth-order valence-electron chi connectivity index (χ4n) is 1.85. The summed E-state index contributed by atoms with van der Waals surface area (Å²) < 4.78 is 10.8. The van der Waals surface area contributed by atoms with Gasteiger partial charge in [-0.3, -0.25) is 0 Å². The fraction of sp³-hybridized carbons (Fsp3) is 0.500. The van der Waals surface area contributed by atoms with Gasteiger partial charge in [0, 0.05) is 5.54 Å². The molecule has 1 aromatic heterocycles. The Hall–Kier alpha value is -1.88. The Morgan fingerprint density at radius 3 is 2.43 bits per heavy atom. The molecule has 0 aliphatic rings. The SMILES string of the molecule is COc1cc(C)ccc1-c1noc(C(C)(C)C(C)(C)N)n1. The molecular weight excluding hydrogens is 266 g/mol. The number of benzene rings is 1. The van der Waals surface area contributed by atoms with Crippen LogP contribution in [0, 0.1) is 6.92 Å². The molecule has 5 nitrogen and oxygen atoms in total. The lowest BCUT2D eigenvalue weighted by Crippen LogP contribution is -2.50. The monoisotopic (exact) mass is 289 g/mol. The number of aryl methyl sites for hydroxylation is 1. The van der Waals surface area contributed by atoms with Crippen LogP contribution in [0.3, 0.4) is 0 Å². The normalized spacial score (nSPS) is 12.5. The van der Waals surface area contributed by atoms with E-state index in [0.29, 0.717) is 11.7 Å². The van der Waals surface area contributed by atoms with Crippen molar-refractivity contribution in [2.75, 3.05) is 7.11 Å². The van der Waals surface area contributed by atoms with Crippen molar-refractivity contribution in [3.8, 4) is 17.1 Å². The molecular formula is C16H23N3O2. The van der Waals surface area contributed by atoms with Crippen molar-refractivity contribution >= 4 is 0 Å². The first-order chi connectivity index (χ1) is 9.66. The largest absolute Gasteiger partial charge is 0.496 e. The first kappa shape index (κ1) is 15.5. The molecule has 1 heterocycles. The minimum Gasteiger partial charge on any atom is -0.496 e. The average Bonchev–Trinajstić information content (AvgIpc) is 2.87. The van der Waals surface area contributed by atoms with E-state index in [9.17, 15) is 0 Å². The number of methoxy groups -OCH3 is 1. The van der Waals surface area contributed by atoms with Gasteiger partial charge >= 0.3 is 0 Å². The molecule has 2 N–H and O–H groups in total. The molecule has 2 aromatic rings. The molecule has 21 heavy (non-hydrogen) atoms. The molecule has 0 amide bonds. The zero-order chi connectivity index (χ0) is 15.8. The Morgan fingerprint density at radius 2 is 1.86 bits per heavy atom. The van der Waals surface area contributed by atoms with Crippen LogP contribution in [0.4, 0.5) is 0 Å². The van der Waals surface area contributed by atoms with E-state index in [1.54, 1.807) is 7.11 Å². The molecule has 0 bridgehead atoms. The van der Waals surface area contributed by atoms with Gasteiger partial charge in [-0.25, -0.2) is 0 Å². The van der Waals surface area contributed by atoms with Crippen LogP contribution in [0.1, 0.15) is 39.1 Å². The molecule has 0 saturated carbocycles. The van der Waals surface area contributed by atoms with E-state index in [4.69, 9.17) is 15.0 Å². The van der Waals surface area contributed by atoms with E-state index in [2.05, 4.69) is 10.1 Å². The van der Waals surface area contributed by atoms with Crippen LogP contribution >= 0.6 is 0 Å². The van der Waals surface area contributed by atoms with Gasteiger partial charge in [-0.1, -0.05) is 11.2 Å². The van der Waals surface area contributed by atoms with E-state index in [1.807, 2.05) is 52.8 Å². The lowest BCUT2D eigenvalue weighted by molar-refractivity contribution is 0.223. The number of ether oxygens (including phenoxy) is 1. The molecule has 0 atom stereocenters. The molecule has 0 fully saturated rings. The summed E-state index contributed by atoms with van der Waals surface area (Å²) in [5.74, 6) is 1.76. The van der Waals surface area contributed by atoms with E-state index >= 15 is 0 Å². The van der Waals surface area contributed by atoms with E-state index in [-0.39, 0.29) is 0 Å². The molecule has 114 valence electrons. The molecule has 0 unspecified atom stereocenters. The maximum atomic E-state index is 6.22. The summed E-state index contributed by atoms with van der Waals surface area (Å²) in [5, 5.41) is 4.08. The summed E-state index contributed by atoms with van der Waals surface area (Å²) in [5.41, 5.74) is 7.23. The van der Waals surface area contributed by atoms with Crippen LogP contribution in [0.25, 0.3) is 11.4 Å². The van der Waals surface area contributed by atoms with Gasteiger partial charge in [0.2, 0.25) is 11.7 Å². The quantitative estimate of drug-likeness (QED) is 0.936. The van der Waals surface area contributed by atoms with E-state index < -0.39 is 11.0 Å². The van der Waals surface area contributed by atoms with Gasteiger partial charge in [0.15, 0.2) is 0 Å². The van der Waals surface area contributed by atoms with Gasteiger partial charge in [0.25, 0.3) is 0 Å². The second-order valence-corrected chi connectivity index (χ2v) is 6.47. The maximum Gasteiger partial charge on any atom is 0.234 e. The topological polar surface area (TPSA) is 74.2 Å². The standard InChI is InChI=1S/C16H23N3O2/c1-10-7-8-11(12(9-10)20-6)13-18-14(21-19-13)15(2,3)16(4,5)17/h7-9H,17H2,1-6H3. The fourth-order valence-corrected chi connectivity index (χ4v) is 1.85. The highest BCUT2D eigenvalue weighted by Gasteiger charge is 2.40. The molecule has 0 spiro atoms. The highest BCUT2D eigenvalue weighted by atomic mass is 16.5. The van der Waals surface area contributed by atoms with Gasteiger partial charge in [-0.15, -0.1) is 0 Å². The van der Waals surface area contributed by atoms with Gasteiger partial charge < -0.3 is 15.0 Å². The number of hydrogen-bond donors (Lipinski definition) is 1. The Bertz CT molecular complexity index is 639. The van der Waals surface area contributed by atoms with Crippen molar-refractivity contribution < 1.29 is 9.26 Å². The minimum absolute atomic E-state index is 0.434. The van der Waals surface area contributed by atoms with Gasteiger partial charge in [0.1, 0.15) is 5.75 Å². The lowest BCUT2D eigenvalue weighted by atomic mass is 9.75. The highest BCUT2D eigenvalue weighted by Crippen LogP contribution is 2.34. The Labute approximate surface area is 125 Å². The molecule has 0 aliphatic carbocycles. The van der Waals surface area contributed by atoms with Crippen molar-refractivity contribution in [1.29, 1.82) is 0 Å². The summed E-state index contributed by atoms with van der Waals surface area (Å²) >= 11 is 0. The van der Waals surface area contributed by atoms with Crippen LogP contribution in [0.15, 0.2) is 22.7 Å². The minimum atomic E-state index is -0.478.